The molecule has 3 rings (SSSR count). The van der Waals surface area contributed by atoms with Gasteiger partial charge in [-0.2, -0.15) is 5.26 Å². The van der Waals surface area contributed by atoms with Gasteiger partial charge in [0.25, 0.3) is 0 Å². The van der Waals surface area contributed by atoms with E-state index in [9.17, 15) is 0 Å². The minimum Gasteiger partial charge on any atom is -0.346 e. The predicted octanol–water partition coefficient (Wildman–Crippen LogP) is 3.36. The molecule has 0 spiro atoms. The van der Waals surface area contributed by atoms with Crippen molar-refractivity contribution in [2.24, 2.45) is 0 Å². The van der Waals surface area contributed by atoms with Crippen LogP contribution in [0, 0.1) is 11.3 Å². The van der Waals surface area contributed by atoms with E-state index in [1.807, 2.05) is 18.2 Å². The van der Waals surface area contributed by atoms with E-state index in [1.165, 1.54) is 4.88 Å². The zero-order chi connectivity index (χ0) is 13.8. The van der Waals surface area contributed by atoms with Crippen molar-refractivity contribution in [2.75, 3.05) is 6.54 Å². The van der Waals surface area contributed by atoms with Crippen molar-refractivity contribution in [3.8, 4) is 6.07 Å². The summed E-state index contributed by atoms with van der Waals surface area (Å²) in [6.07, 6.45) is 2.05. The fourth-order valence-corrected chi connectivity index (χ4v) is 3.01. The summed E-state index contributed by atoms with van der Waals surface area (Å²) in [5.41, 5.74) is 1.87. The first kappa shape index (κ1) is 12.9. The van der Waals surface area contributed by atoms with Gasteiger partial charge in [-0.25, -0.2) is 0 Å². The highest BCUT2D eigenvalue weighted by Crippen LogP contribution is 2.19. The Hall–Kier alpha value is -2.09. The summed E-state index contributed by atoms with van der Waals surface area (Å²) in [6, 6.07) is 14.3. The molecule has 0 aliphatic heterocycles. The Bertz CT molecular complexity index is 735. The van der Waals surface area contributed by atoms with E-state index in [1.54, 1.807) is 11.3 Å². The maximum atomic E-state index is 9.09. The summed E-state index contributed by atoms with van der Waals surface area (Å²) in [7, 11) is 0. The second kappa shape index (κ2) is 5.91. The molecule has 0 saturated heterocycles. The average Bonchev–Trinajstić information content (AvgIpc) is 3.13. The van der Waals surface area contributed by atoms with Crippen molar-refractivity contribution >= 4 is 22.2 Å². The molecule has 3 nitrogen and oxygen atoms in total. The van der Waals surface area contributed by atoms with Crippen LogP contribution in [0.5, 0.6) is 0 Å². The third-order valence-corrected chi connectivity index (χ3v) is 4.22. The SMILES string of the molecule is N#Cc1cccc2c1ccn2CCNCc1cccs1. The van der Waals surface area contributed by atoms with Crippen LogP contribution in [0.2, 0.25) is 0 Å². The Morgan fingerprint density at radius 2 is 2.15 bits per heavy atom. The predicted molar refractivity (Wildman–Crippen MR) is 82.7 cm³/mol. The van der Waals surface area contributed by atoms with Crippen LogP contribution < -0.4 is 5.32 Å². The average molecular weight is 281 g/mol. The van der Waals surface area contributed by atoms with Gasteiger partial charge in [0.05, 0.1) is 11.6 Å². The molecule has 0 saturated carbocycles. The van der Waals surface area contributed by atoms with Gasteiger partial charge in [-0.05, 0) is 29.6 Å². The molecular weight excluding hydrogens is 266 g/mol. The van der Waals surface area contributed by atoms with Crippen LogP contribution in [0.1, 0.15) is 10.4 Å². The van der Waals surface area contributed by atoms with Crippen molar-refractivity contribution in [3.63, 3.8) is 0 Å². The Labute approximate surface area is 122 Å². The summed E-state index contributed by atoms with van der Waals surface area (Å²) < 4.78 is 2.19. The molecule has 2 aromatic heterocycles. The van der Waals surface area contributed by atoms with E-state index in [0.29, 0.717) is 0 Å². The van der Waals surface area contributed by atoms with Gasteiger partial charge in [0.15, 0.2) is 0 Å². The van der Waals surface area contributed by atoms with Gasteiger partial charge in [0.1, 0.15) is 0 Å². The molecule has 3 aromatic rings. The van der Waals surface area contributed by atoms with Crippen molar-refractivity contribution in [1.29, 1.82) is 5.26 Å². The molecule has 1 aromatic carbocycles. The molecule has 4 heteroatoms. The van der Waals surface area contributed by atoms with Crippen LogP contribution >= 0.6 is 11.3 Å². The van der Waals surface area contributed by atoms with Crippen LogP contribution in [-0.4, -0.2) is 11.1 Å². The van der Waals surface area contributed by atoms with Crippen molar-refractivity contribution in [3.05, 3.63) is 58.4 Å². The number of benzene rings is 1. The number of thiophene rings is 1. The second-order valence-electron chi connectivity index (χ2n) is 4.62. The molecule has 0 amide bonds. The number of fused-ring (bicyclic) bond motifs is 1. The Kier molecular flexibility index (Phi) is 3.82. The highest BCUT2D eigenvalue weighted by Gasteiger charge is 2.04. The molecule has 2 heterocycles. The minimum absolute atomic E-state index is 0.743. The first-order chi connectivity index (χ1) is 9.88. The Morgan fingerprint density at radius 3 is 2.95 bits per heavy atom. The van der Waals surface area contributed by atoms with Crippen LogP contribution in [0.3, 0.4) is 0 Å². The molecule has 0 atom stereocenters. The molecule has 0 aliphatic rings. The highest BCUT2D eigenvalue weighted by atomic mass is 32.1. The van der Waals surface area contributed by atoms with Gasteiger partial charge in [-0.3, -0.25) is 0 Å². The zero-order valence-corrected chi connectivity index (χ0v) is 11.9. The number of nitrogens with zero attached hydrogens (tertiary/aromatic N) is 2. The monoisotopic (exact) mass is 281 g/mol. The number of hydrogen-bond donors (Lipinski definition) is 1. The third-order valence-electron chi connectivity index (χ3n) is 3.34. The van der Waals surface area contributed by atoms with Gasteiger partial charge in [-0.1, -0.05) is 12.1 Å². The normalized spacial score (nSPS) is 10.8. The lowest BCUT2D eigenvalue weighted by Crippen LogP contribution is -2.18. The summed E-state index contributed by atoms with van der Waals surface area (Å²) in [5.74, 6) is 0. The fourth-order valence-electron chi connectivity index (χ4n) is 2.34. The van der Waals surface area contributed by atoms with Crippen molar-refractivity contribution in [2.45, 2.75) is 13.1 Å². The maximum Gasteiger partial charge on any atom is 0.0998 e. The van der Waals surface area contributed by atoms with Gasteiger partial charge >= 0.3 is 0 Å². The van der Waals surface area contributed by atoms with Crippen molar-refractivity contribution < 1.29 is 0 Å². The summed E-state index contributed by atoms with van der Waals surface area (Å²) in [6.45, 7) is 2.74. The van der Waals surface area contributed by atoms with Crippen molar-refractivity contribution in [1.82, 2.24) is 9.88 Å². The van der Waals surface area contributed by atoms with Gasteiger partial charge in [0, 0.05) is 41.6 Å². The minimum atomic E-state index is 0.743. The van der Waals surface area contributed by atoms with Gasteiger partial charge in [0.2, 0.25) is 0 Å². The molecule has 0 aliphatic carbocycles. The number of nitrogens with one attached hydrogen (secondary N) is 1. The Balaban J connectivity index is 1.65. The summed E-state index contributed by atoms with van der Waals surface area (Å²) in [5, 5.41) is 15.7. The molecule has 20 heavy (non-hydrogen) atoms. The number of nitriles is 1. The summed E-state index contributed by atoms with van der Waals surface area (Å²) >= 11 is 1.77. The quantitative estimate of drug-likeness (QED) is 0.728. The van der Waals surface area contributed by atoms with E-state index in [0.717, 1.165) is 36.1 Å². The van der Waals surface area contributed by atoms with E-state index < -0.39 is 0 Å². The second-order valence-corrected chi connectivity index (χ2v) is 5.65. The zero-order valence-electron chi connectivity index (χ0n) is 11.0. The molecule has 1 N–H and O–H groups in total. The standard InChI is InChI=1S/C16H15N3S/c17-11-13-3-1-5-16-15(13)6-8-19(16)9-7-18-12-14-4-2-10-20-14/h1-6,8,10,18H,7,9,12H2. The van der Waals surface area contributed by atoms with E-state index in [-0.39, 0.29) is 0 Å². The lowest BCUT2D eigenvalue weighted by Gasteiger charge is -2.07. The largest absolute Gasteiger partial charge is 0.346 e. The fraction of sp³-hybridized carbons (Fsp3) is 0.188. The molecule has 0 radical (unpaired) electrons. The Morgan fingerprint density at radius 1 is 1.20 bits per heavy atom. The number of rotatable bonds is 5. The molecule has 0 unspecified atom stereocenters. The number of aromatic nitrogens is 1. The van der Waals surface area contributed by atoms with E-state index in [2.05, 4.69) is 45.7 Å². The van der Waals surface area contributed by atoms with Crippen LogP contribution in [-0.2, 0) is 13.1 Å². The lowest BCUT2D eigenvalue weighted by molar-refractivity contribution is 0.613. The third kappa shape index (κ3) is 2.60. The van der Waals surface area contributed by atoms with Crippen LogP contribution in [0.4, 0.5) is 0 Å². The van der Waals surface area contributed by atoms with Gasteiger partial charge < -0.3 is 9.88 Å². The summed E-state index contributed by atoms with van der Waals surface area (Å²) in [4.78, 5) is 1.36. The molecule has 100 valence electrons. The first-order valence-electron chi connectivity index (χ1n) is 6.59. The lowest BCUT2D eigenvalue weighted by atomic mass is 10.1. The molecule has 0 bridgehead atoms. The maximum absolute atomic E-state index is 9.09. The smallest absolute Gasteiger partial charge is 0.0998 e. The van der Waals surface area contributed by atoms with E-state index in [4.69, 9.17) is 5.26 Å². The van der Waals surface area contributed by atoms with Crippen LogP contribution in [0.15, 0.2) is 48.0 Å². The van der Waals surface area contributed by atoms with Gasteiger partial charge in [-0.15, -0.1) is 11.3 Å². The topological polar surface area (TPSA) is 40.8 Å². The molecule has 0 fully saturated rings. The van der Waals surface area contributed by atoms with E-state index >= 15 is 0 Å². The number of hydrogen-bond acceptors (Lipinski definition) is 3. The van der Waals surface area contributed by atoms with Crippen LogP contribution in [0.25, 0.3) is 10.9 Å². The first-order valence-corrected chi connectivity index (χ1v) is 7.47. The highest BCUT2D eigenvalue weighted by molar-refractivity contribution is 7.09. The molecular formula is C16H15N3S.